The van der Waals surface area contributed by atoms with Gasteiger partial charge in [0.15, 0.2) is 5.01 Å². The van der Waals surface area contributed by atoms with E-state index in [1.165, 1.54) is 11.3 Å². The molecule has 0 radical (unpaired) electrons. The highest BCUT2D eigenvalue weighted by atomic mass is 32.1. The monoisotopic (exact) mass is 304 g/mol. The average Bonchev–Trinajstić information content (AvgIpc) is 2.92. The van der Waals surface area contributed by atoms with E-state index in [0.717, 1.165) is 35.9 Å². The Hall–Kier alpha value is -1.46. The van der Waals surface area contributed by atoms with Gasteiger partial charge >= 0.3 is 0 Å². The fraction of sp³-hybridized carbons (Fsp3) is 0.500. The van der Waals surface area contributed by atoms with Crippen molar-refractivity contribution in [2.45, 2.75) is 31.8 Å². The SMILES string of the molecule is CN(CC1CCCCC1O)C(=O)c1nc2ccccc2s1. The van der Waals surface area contributed by atoms with E-state index in [1.54, 1.807) is 11.9 Å². The lowest BCUT2D eigenvalue weighted by Gasteiger charge is -2.30. The molecule has 0 bridgehead atoms. The number of fused-ring (bicyclic) bond motifs is 1. The molecule has 4 nitrogen and oxygen atoms in total. The summed E-state index contributed by atoms with van der Waals surface area (Å²) in [7, 11) is 1.80. The van der Waals surface area contributed by atoms with E-state index in [2.05, 4.69) is 4.98 Å². The van der Waals surface area contributed by atoms with Crippen LogP contribution in [0.4, 0.5) is 0 Å². The van der Waals surface area contributed by atoms with Gasteiger partial charge in [-0.3, -0.25) is 4.79 Å². The highest BCUT2D eigenvalue weighted by molar-refractivity contribution is 7.20. The summed E-state index contributed by atoms with van der Waals surface area (Å²) in [4.78, 5) is 18.6. The zero-order valence-corrected chi connectivity index (χ0v) is 13.0. The molecule has 3 rings (SSSR count). The summed E-state index contributed by atoms with van der Waals surface area (Å²) in [5, 5.41) is 10.6. The molecule has 1 saturated carbocycles. The van der Waals surface area contributed by atoms with Gasteiger partial charge in [0.05, 0.1) is 16.3 Å². The van der Waals surface area contributed by atoms with E-state index < -0.39 is 0 Å². The van der Waals surface area contributed by atoms with Gasteiger partial charge in [0.1, 0.15) is 0 Å². The van der Waals surface area contributed by atoms with Gasteiger partial charge in [-0.15, -0.1) is 11.3 Å². The molecule has 1 amide bonds. The number of benzene rings is 1. The first kappa shape index (κ1) is 14.5. The summed E-state index contributed by atoms with van der Waals surface area (Å²) in [6.07, 6.45) is 3.81. The number of thiazole rings is 1. The number of amides is 1. The normalized spacial score (nSPS) is 22.4. The minimum Gasteiger partial charge on any atom is -0.393 e. The van der Waals surface area contributed by atoms with Crippen molar-refractivity contribution in [2.75, 3.05) is 13.6 Å². The molecule has 0 spiro atoms. The summed E-state index contributed by atoms with van der Waals surface area (Å²) in [6.45, 7) is 0.607. The van der Waals surface area contributed by atoms with Crippen molar-refractivity contribution in [3.63, 3.8) is 0 Å². The van der Waals surface area contributed by atoms with Crippen LogP contribution in [0.1, 0.15) is 35.5 Å². The molecule has 5 heteroatoms. The number of aromatic nitrogens is 1. The van der Waals surface area contributed by atoms with Gasteiger partial charge in [-0.2, -0.15) is 0 Å². The zero-order chi connectivity index (χ0) is 14.8. The number of carbonyl (C=O) groups excluding carboxylic acids is 1. The first-order valence-electron chi connectivity index (χ1n) is 7.44. The molecule has 1 aliphatic carbocycles. The molecule has 1 aromatic carbocycles. The van der Waals surface area contributed by atoms with Crippen molar-refractivity contribution in [3.8, 4) is 0 Å². The van der Waals surface area contributed by atoms with Crippen LogP contribution < -0.4 is 0 Å². The predicted molar refractivity (Wildman–Crippen MR) is 84.5 cm³/mol. The molecule has 0 saturated heterocycles. The van der Waals surface area contributed by atoms with Crippen LogP contribution in [0.15, 0.2) is 24.3 Å². The van der Waals surface area contributed by atoms with Crippen molar-refractivity contribution in [3.05, 3.63) is 29.3 Å². The summed E-state index contributed by atoms with van der Waals surface area (Å²) >= 11 is 1.43. The van der Waals surface area contributed by atoms with Crippen LogP contribution in [-0.4, -0.2) is 40.6 Å². The molecule has 0 aliphatic heterocycles. The van der Waals surface area contributed by atoms with Crippen LogP contribution in [0.3, 0.4) is 0 Å². The van der Waals surface area contributed by atoms with Gasteiger partial charge in [-0.1, -0.05) is 25.0 Å². The number of hydrogen-bond acceptors (Lipinski definition) is 4. The fourth-order valence-electron chi connectivity index (χ4n) is 2.96. The van der Waals surface area contributed by atoms with Gasteiger partial charge in [0, 0.05) is 19.5 Å². The van der Waals surface area contributed by atoms with Crippen LogP contribution >= 0.6 is 11.3 Å². The van der Waals surface area contributed by atoms with Crippen LogP contribution in [0.5, 0.6) is 0 Å². The largest absolute Gasteiger partial charge is 0.393 e. The number of hydrogen-bond donors (Lipinski definition) is 1. The molecular weight excluding hydrogens is 284 g/mol. The quantitative estimate of drug-likeness (QED) is 0.948. The predicted octanol–water partition coefficient (Wildman–Crippen LogP) is 2.92. The van der Waals surface area contributed by atoms with Gasteiger partial charge in [0.25, 0.3) is 5.91 Å². The second kappa shape index (κ2) is 6.12. The van der Waals surface area contributed by atoms with Crippen molar-refractivity contribution >= 4 is 27.5 Å². The molecule has 21 heavy (non-hydrogen) atoms. The topological polar surface area (TPSA) is 53.4 Å². The Morgan fingerprint density at radius 1 is 1.38 bits per heavy atom. The number of carbonyl (C=O) groups is 1. The standard InChI is InChI=1S/C16H20N2O2S/c1-18(10-11-6-2-4-8-13(11)19)16(20)15-17-12-7-3-5-9-14(12)21-15/h3,5,7,9,11,13,19H,2,4,6,8,10H2,1H3. The Balaban J connectivity index is 1.71. The maximum absolute atomic E-state index is 12.5. The highest BCUT2D eigenvalue weighted by Gasteiger charge is 2.26. The third kappa shape index (κ3) is 3.09. The first-order valence-corrected chi connectivity index (χ1v) is 8.26. The van der Waals surface area contributed by atoms with Crippen LogP contribution in [-0.2, 0) is 0 Å². The molecule has 2 atom stereocenters. The number of nitrogens with zero attached hydrogens (tertiary/aromatic N) is 2. The van der Waals surface area contributed by atoms with Crippen molar-refractivity contribution in [1.29, 1.82) is 0 Å². The Morgan fingerprint density at radius 2 is 2.14 bits per heavy atom. The third-order valence-electron chi connectivity index (χ3n) is 4.20. The lowest BCUT2D eigenvalue weighted by molar-refractivity contribution is 0.0451. The molecule has 1 aromatic heterocycles. The number of aliphatic hydroxyl groups excluding tert-OH is 1. The molecule has 1 N–H and O–H groups in total. The molecule has 2 aromatic rings. The summed E-state index contributed by atoms with van der Waals surface area (Å²) < 4.78 is 1.03. The lowest BCUT2D eigenvalue weighted by Crippen LogP contribution is -2.38. The number of aliphatic hydroxyl groups is 1. The zero-order valence-electron chi connectivity index (χ0n) is 12.2. The van der Waals surface area contributed by atoms with Gasteiger partial charge in [-0.05, 0) is 25.0 Å². The summed E-state index contributed by atoms with van der Waals surface area (Å²) in [5.41, 5.74) is 0.872. The van der Waals surface area contributed by atoms with E-state index in [-0.39, 0.29) is 17.9 Å². The molecule has 1 aliphatic rings. The van der Waals surface area contributed by atoms with Crippen molar-refractivity contribution in [2.24, 2.45) is 5.92 Å². The Kier molecular flexibility index (Phi) is 4.22. The van der Waals surface area contributed by atoms with Crippen LogP contribution in [0, 0.1) is 5.92 Å². The van der Waals surface area contributed by atoms with E-state index >= 15 is 0 Å². The van der Waals surface area contributed by atoms with E-state index in [0.29, 0.717) is 11.6 Å². The van der Waals surface area contributed by atoms with Crippen LogP contribution in [0.25, 0.3) is 10.2 Å². The highest BCUT2D eigenvalue weighted by Crippen LogP contribution is 2.26. The molecule has 112 valence electrons. The van der Waals surface area contributed by atoms with Gasteiger partial charge in [-0.25, -0.2) is 4.98 Å². The maximum Gasteiger partial charge on any atom is 0.282 e. The molecular formula is C16H20N2O2S. The Bertz CT molecular complexity index is 607. The van der Waals surface area contributed by atoms with E-state index in [4.69, 9.17) is 0 Å². The second-order valence-electron chi connectivity index (χ2n) is 5.78. The third-order valence-corrected chi connectivity index (χ3v) is 5.23. The van der Waals surface area contributed by atoms with E-state index in [1.807, 2.05) is 24.3 Å². The molecule has 1 fully saturated rings. The van der Waals surface area contributed by atoms with Gasteiger partial charge < -0.3 is 10.0 Å². The average molecular weight is 304 g/mol. The fourth-order valence-corrected chi connectivity index (χ4v) is 3.92. The maximum atomic E-state index is 12.5. The van der Waals surface area contributed by atoms with E-state index in [9.17, 15) is 9.90 Å². The number of rotatable bonds is 3. The second-order valence-corrected chi connectivity index (χ2v) is 6.81. The molecule has 2 unspecified atom stereocenters. The molecule has 1 heterocycles. The first-order chi connectivity index (χ1) is 10.1. The van der Waals surface area contributed by atoms with Crippen molar-refractivity contribution in [1.82, 2.24) is 9.88 Å². The lowest BCUT2D eigenvalue weighted by atomic mass is 9.86. The number of para-hydroxylation sites is 1. The van der Waals surface area contributed by atoms with Crippen molar-refractivity contribution < 1.29 is 9.90 Å². The Morgan fingerprint density at radius 3 is 2.90 bits per heavy atom. The van der Waals surface area contributed by atoms with Gasteiger partial charge in [0.2, 0.25) is 0 Å². The summed E-state index contributed by atoms with van der Waals surface area (Å²) in [6, 6.07) is 7.79. The minimum absolute atomic E-state index is 0.0472. The smallest absolute Gasteiger partial charge is 0.282 e. The Labute approximate surface area is 128 Å². The summed E-state index contributed by atoms with van der Waals surface area (Å²) in [5.74, 6) is 0.149. The van der Waals surface area contributed by atoms with Crippen LogP contribution in [0.2, 0.25) is 0 Å². The minimum atomic E-state index is -0.274.